The SMILES string of the molecule is COc1ccc2[nH]c(=O)c([C@@H](c3nnnn3C[C@@H]3CCCO3)N(Cc3ccc(F)cc3)Cc3ccco3)cc2c1. The lowest BCUT2D eigenvalue weighted by Gasteiger charge is -2.30. The smallest absolute Gasteiger partial charge is 0.253 e. The van der Waals surface area contributed by atoms with Gasteiger partial charge in [0, 0.05) is 29.6 Å². The average molecular weight is 545 g/mol. The number of methoxy groups -OCH3 is 1. The second-order valence-corrected chi connectivity index (χ2v) is 9.87. The van der Waals surface area contributed by atoms with E-state index in [0.717, 1.165) is 23.8 Å². The molecule has 0 bridgehead atoms. The Labute approximate surface area is 229 Å². The van der Waals surface area contributed by atoms with Crippen molar-refractivity contribution in [1.29, 1.82) is 0 Å². The molecule has 5 aromatic rings. The van der Waals surface area contributed by atoms with Crippen LogP contribution in [0.3, 0.4) is 0 Å². The van der Waals surface area contributed by atoms with Gasteiger partial charge in [0.25, 0.3) is 5.56 Å². The van der Waals surface area contributed by atoms with Gasteiger partial charge in [-0.2, -0.15) is 0 Å². The maximum atomic E-state index is 13.8. The molecule has 3 aromatic heterocycles. The van der Waals surface area contributed by atoms with Gasteiger partial charge >= 0.3 is 0 Å². The number of furan rings is 1. The number of benzene rings is 2. The van der Waals surface area contributed by atoms with Crippen molar-refractivity contribution < 1.29 is 18.3 Å². The number of ether oxygens (including phenoxy) is 2. The molecule has 2 aromatic carbocycles. The first-order valence-corrected chi connectivity index (χ1v) is 13.2. The largest absolute Gasteiger partial charge is 0.497 e. The fourth-order valence-electron chi connectivity index (χ4n) is 5.21. The highest BCUT2D eigenvalue weighted by atomic mass is 19.1. The molecule has 0 aliphatic carbocycles. The lowest BCUT2D eigenvalue weighted by Crippen LogP contribution is -2.35. The van der Waals surface area contributed by atoms with Crippen molar-refractivity contribution in [3.05, 3.63) is 106 Å². The van der Waals surface area contributed by atoms with Crippen molar-refractivity contribution in [2.75, 3.05) is 13.7 Å². The highest BCUT2D eigenvalue weighted by Gasteiger charge is 2.32. The molecule has 1 N–H and O–H groups in total. The fourth-order valence-corrected chi connectivity index (χ4v) is 5.21. The van der Waals surface area contributed by atoms with Gasteiger partial charge in [-0.1, -0.05) is 12.1 Å². The van der Waals surface area contributed by atoms with Crippen LogP contribution in [0.1, 0.15) is 41.6 Å². The zero-order valence-corrected chi connectivity index (χ0v) is 22.0. The number of nitrogens with one attached hydrogen (secondary N) is 1. The molecule has 1 fully saturated rings. The molecule has 11 heteroatoms. The molecule has 40 heavy (non-hydrogen) atoms. The third kappa shape index (κ3) is 5.51. The molecule has 206 valence electrons. The maximum absolute atomic E-state index is 13.8. The quantitative estimate of drug-likeness (QED) is 0.278. The zero-order chi connectivity index (χ0) is 27.5. The average Bonchev–Trinajstić information content (AvgIpc) is 3.75. The van der Waals surface area contributed by atoms with Crippen molar-refractivity contribution in [2.45, 2.75) is 44.6 Å². The zero-order valence-electron chi connectivity index (χ0n) is 22.0. The van der Waals surface area contributed by atoms with Gasteiger partial charge in [0.05, 0.1) is 32.6 Å². The van der Waals surface area contributed by atoms with E-state index in [1.165, 1.54) is 12.1 Å². The summed E-state index contributed by atoms with van der Waals surface area (Å²) in [6.07, 6.45) is 3.48. The van der Waals surface area contributed by atoms with E-state index in [2.05, 4.69) is 25.4 Å². The first kappa shape index (κ1) is 25.9. The normalized spacial score (nSPS) is 16.1. The van der Waals surface area contributed by atoms with Crippen molar-refractivity contribution >= 4 is 10.9 Å². The molecular weight excluding hydrogens is 515 g/mol. The molecule has 0 saturated carbocycles. The molecule has 0 amide bonds. The first-order valence-electron chi connectivity index (χ1n) is 13.2. The molecule has 1 aliphatic rings. The summed E-state index contributed by atoms with van der Waals surface area (Å²) < 4.78 is 32.5. The number of aromatic nitrogens is 5. The minimum Gasteiger partial charge on any atom is -0.497 e. The van der Waals surface area contributed by atoms with Crippen LogP contribution >= 0.6 is 0 Å². The Balaban J connectivity index is 1.50. The predicted molar refractivity (Wildman–Crippen MR) is 144 cm³/mol. The summed E-state index contributed by atoms with van der Waals surface area (Å²) in [5.74, 6) is 1.54. The predicted octanol–water partition coefficient (Wildman–Crippen LogP) is 4.23. The van der Waals surface area contributed by atoms with Gasteiger partial charge in [0.15, 0.2) is 5.82 Å². The lowest BCUT2D eigenvalue weighted by atomic mass is 10.0. The van der Waals surface area contributed by atoms with Crippen molar-refractivity contribution in [3.63, 3.8) is 0 Å². The second-order valence-electron chi connectivity index (χ2n) is 9.87. The van der Waals surface area contributed by atoms with Gasteiger partial charge in [-0.15, -0.1) is 5.10 Å². The molecule has 1 aliphatic heterocycles. The van der Waals surface area contributed by atoms with Crippen LogP contribution in [0.5, 0.6) is 5.75 Å². The number of fused-ring (bicyclic) bond motifs is 1. The van der Waals surface area contributed by atoms with E-state index in [4.69, 9.17) is 13.9 Å². The summed E-state index contributed by atoms with van der Waals surface area (Å²) in [7, 11) is 1.60. The number of aromatic amines is 1. The van der Waals surface area contributed by atoms with Crippen molar-refractivity contribution in [1.82, 2.24) is 30.1 Å². The summed E-state index contributed by atoms with van der Waals surface area (Å²) in [6, 6.07) is 16.7. The summed E-state index contributed by atoms with van der Waals surface area (Å²) >= 11 is 0. The lowest BCUT2D eigenvalue weighted by molar-refractivity contribution is 0.0901. The van der Waals surface area contributed by atoms with Crippen LogP contribution in [-0.2, 0) is 24.4 Å². The molecule has 10 nitrogen and oxygen atoms in total. The van der Waals surface area contributed by atoms with Gasteiger partial charge in [0.2, 0.25) is 0 Å². The number of H-pyrrole nitrogens is 1. The van der Waals surface area contributed by atoms with E-state index >= 15 is 0 Å². The molecule has 4 heterocycles. The van der Waals surface area contributed by atoms with Crippen LogP contribution in [0.4, 0.5) is 4.39 Å². The molecule has 0 spiro atoms. The van der Waals surface area contributed by atoms with Crippen molar-refractivity contribution in [2.24, 2.45) is 0 Å². The molecule has 2 atom stereocenters. The Kier molecular flexibility index (Phi) is 7.39. The standard InChI is InChI=1S/C29H29FN6O4/c1-38-22-10-11-26-20(14-22)15-25(29(37)31-26)27(28-32-33-34-36(28)18-24-5-3-13-40-24)35(17-23-4-2-12-39-23)16-19-6-8-21(30)9-7-19/h2,4,6-12,14-15,24,27H,3,5,13,16-18H2,1H3,(H,31,37)/t24-,27-/m0/s1. The number of pyridine rings is 1. The van der Waals surface area contributed by atoms with Gasteiger partial charge < -0.3 is 18.9 Å². The highest BCUT2D eigenvalue weighted by molar-refractivity contribution is 5.80. The summed E-state index contributed by atoms with van der Waals surface area (Å²) in [5, 5.41) is 13.5. The van der Waals surface area contributed by atoms with Gasteiger partial charge in [-0.05, 0) is 77.4 Å². The number of nitrogens with zero attached hydrogens (tertiary/aromatic N) is 5. The molecule has 0 unspecified atom stereocenters. The molecule has 0 radical (unpaired) electrons. The van der Waals surface area contributed by atoms with Crippen molar-refractivity contribution in [3.8, 4) is 5.75 Å². The molecule has 6 rings (SSSR count). The van der Waals surface area contributed by atoms with Gasteiger partial charge in [0.1, 0.15) is 23.4 Å². The van der Waals surface area contributed by atoms with Crippen LogP contribution in [0.25, 0.3) is 10.9 Å². The van der Waals surface area contributed by atoms with E-state index in [0.29, 0.717) is 54.7 Å². The number of rotatable bonds is 10. The maximum Gasteiger partial charge on any atom is 0.253 e. The third-order valence-electron chi connectivity index (χ3n) is 7.18. The second kappa shape index (κ2) is 11.4. The van der Waals surface area contributed by atoms with Crippen LogP contribution in [0, 0.1) is 5.82 Å². The number of hydrogen-bond donors (Lipinski definition) is 1. The summed E-state index contributed by atoms with van der Waals surface area (Å²) in [5.41, 5.74) is 1.73. The van der Waals surface area contributed by atoms with Crippen LogP contribution in [0.15, 0.2) is 76.1 Å². The Morgan fingerprint density at radius 3 is 2.80 bits per heavy atom. The Morgan fingerprint density at radius 1 is 1.18 bits per heavy atom. The van der Waals surface area contributed by atoms with E-state index < -0.39 is 6.04 Å². The summed E-state index contributed by atoms with van der Waals surface area (Å²) in [4.78, 5) is 18.8. The van der Waals surface area contributed by atoms with E-state index in [1.54, 1.807) is 36.3 Å². The number of hydrogen-bond acceptors (Lipinski definition) is 8. The van der Waals surface area contributed by atoms with E-state index in [1.807, 2.05) is 30.3 Å². The molecule has 1 saturated heterocycles. The topological polar surface area (TPSA) is 111 Å². The number of halogens is 1. The first-order chi connectivity index (χ1) is 19.6. The Bertz CT molecular complexity index is 1630. The van der Waals surface area contributed by atoms with Crippen LogP contribution in [-0.4, -0.2) is 49.9 Å². The van der Waals surface area contributed by atoms with Gasteiger partial charge in [-0.3, -0.25) is 9.69 Å². The van der Waals surface area contributed by atoms with Gasteiger partial charge in [-0.25, -0.2) is 9.07 Å². The Morgan fingerprint density at radius 2 is 2.05 bits per heavy atom. The number of tetrazole rings is 1. The van der Waals surface area contributed by atoms with E-state index in [9.17, 15) is 9.18 Å². The minimum absolute atomic E-state index is 0.0160. The highest BCUT2D eigenvalue weighted by Crippen LogP contribution is 2.31. The third-order valence-corrected chi connectivity index (χ3v) is 7.18. The monoisotopic (exact) mass is 544 g/mol. The van der Waals surface area contributed by atoms with Crippen LogP contribution < -0.4 is 10.3 Å². The fraction of sp³-hybridized carbons (Fsp3) is 0.310. The van der Waals surface area contributed by atoms with Crippen LogP contribution in [0.2, 0.25) is 0 Å². The summed E-state index contributed by atoms with van der Waals surface area (Å²) in [6.45, 7) is 1.88. The van der Waals surface area contributed by atoms with E-state index in [-0.39, 0.29) is 17.5 Å². The minimum atomic E-state index is -0.675. The molecular formula is C29H29FN6O4. The Hall–Kier alpha value is -4.35.